The fourth-order valence-electron chi connectivity index (χ4n) is 3.77. The molecule has 0 aromatic heterocycles. The lowest BCUT2D eigenvalue weighted by molar-refractivity contribution is -0.131. The van der Waals surface area contributed by atoms with E-state index < -0.39 is 23.9 Å². The molecule has 0 spiro atoms. The van der Waals surface area contributed by atoms with Gasteiger partial charge in [-0.3, -0.25) is 9.69 Å². The van der Waals surface area contributed by atoms with Crippen molar-refractivity contribution in [2.24, 2.45) is 11.0 Å². The lowest BCUT2D eigenvalue weighted by Gasteiger charge is -2.40. The SMILES string of the molecule is CN1[C@H]2CC[C@@H]1[C@@H](C(=O)N=[N+]=[N-])[C@@H](OC(=O)c1ccc(I)cc1)C2. The van der Waals surface area contributed by atoms with Gasteiger partial charge in [0.05, 0.1) is 11.5 Å². The number of azide groups is 1. The summed E-state index contributed by atoms with van der Waals surface area (Å²) in [6.07, 6.45) is 1.83. The summed E-state index contributed by atoms with van der Waals surface area (Å²) in [5.41, 5.74) is 9.05. The zero-order valence-electron chi connectivity index (χ0n) is 13.1. The van der Waals surface area contributed by atoms with Crippen LogP contribution in [-0.2, 0) is 9.53 Å². The highest BCUT2D eigenvalue weighted by atomic mass is 127. The lowest BCUT2D eigenvalue weighted by Crippen LogP contribution is -2.52. The van der Waals surface area contributed by atoms with Crippen LogP contribution in [0.15, 0.2) is 29.4 Å². The second-order valence-electron chi connectivity index (χ2n) is 6.20. The van der Waals surface area contributed by atoms with Crippen molar-refractivity contribution in [3.8, 4) is 0 Å². The van der Waals surface area contributed by atoms with Gasteiger partial charge in [-0.2, -0.15) is 0 Å². The highest BCUT2D eigenvalue weighted by Gasteiger charge is 2.49. The Labute approximate surface area is 153 Å². The summed E-state index contributed by atoms with van der Waals surface area (Å²) in [5.74, 6) is -1.59. The number of carbonyl (C=O) groups is 2. The molecular weight excluding hydrogens is 423 g/mol. The molecule has 0 radical (unpaired) electrons. The fourth-order valence-corrected chi connectivity index (χ4v) is 4.13. The second-order valence-corrected chi connectivity index (χ2v) is 7.45. The minimum absolute atomic E-state index is 0.0451. The van der Waals surface area contributed by atoms with E-state index in [0.29, 0.717) is 18.0 Å². The summed E-state index contributed by atoms with van der Waals surface area (Å²) in [4.78, 5) is 29.4. The van der Waals surface area contributed by atoms with E-state index in [1.807, 2.05) is 19.2 Å². The van der Waals surface area contributed by atoms with Crippen molar-refractivity contribution in [1.29, 1.82) is 0 Å². The van der Waals surface area contributed by atoms with Crippen molar-refractivity contribution < 1.29 is 14.3 Å². The molecule has 2 heterocycles. The van der Waals surface area contributed by atoms with Crippen molar-refractivity contribution >= 4 is 34.5 Å². The first-order chi connectivity index (χ1) is 11.5. The molecule has 1 aromatic rings. The van der Waals surface area contributed by atoms with E-state index in [4.69, 9.17) is 10.3 Å². The fraction of sp³-hybridized carbons (Fsp3) is 0.500. The minimum Gasteiger partial charge on any atom is -0.458 e. The molecule has 2 saturated heterocycles. The molecule has 126 valence electrons. The van der Waals surface area contributed by atoms with E-state index in [-0.39, 0.29) is 6.04 Å². The quantitative estimate of drug-likeness (QED) is 0.237. The molecule has 2 fully saturated rings. The second kappa shape index (κ2) is 7.08. The Bertz CT molecular complexity index is 702. The first-order valence-electron chi connectivity index (χ1n) is 7.78. The van der Waals surface area contributed by atoms with Gasteiger partial charge in [-0.1, -0.05) is 0 Å². The van der Waals surface area contributed by atoms with Gasteiger partial charge in [0.25, 0.3) is 0 Å². The summed E-state index contributed by atoms with van der Waals surface area (Å²) in [6.45, 7) is 0. The van der Waals surface area contributed by atoms with Gasteiger partial charge in [0.1, 0.15) is 6.10 Å². The lowest BCUT2D eigenvalue weighted by atomic mass is 9.87. The van der Waals surface area contributed by atoms with E-state index in [1.165, 1.54) is 0 Å². The average Bonchev–Trinajstić information content (AvgIpc) is 2.79. The summed E-state index contributed by atoms with van der Waals surface area (Å²) in [7, 11) is 1.97. The number of esters is 1. The van der Waals surface area contributed by atoms with Crippen LogP contribution in [0.2, 0.25) is 0 Å². The van der Waals surface area contributed by atoms with Crippen LogP contribution in [-0.4, -0.2) is 42.0 Å². The molecule has 0 unspecified atom stereocenters. The van der Waals surface area contributed by atoms with Gasteiger partial charge in [-0.15, -0.1) is 0 Å². The van der Waals surface area contributed by atoms with Gasteiger partial charge < -0.3 is 4.74 Å². The maximum atomic E-state index is 12.4. The molecule has 24 heavy (non-hydrogen) atoms. The molecule has 4 atom stereocenters. The molecule has 2 aliphatic rings. The predicted molar refractivity (Wildman–Crippen MR) is 95.2 cm³/mol. The topological polar surface area (TPSA) is 95.4 Å². The zero-order valence-corrected chi connectivity index (χ0v) is 15.3. The van der Waals surface area contributed by atoms with Gasteiger partial charge in [-0.05, 0) is 77.4 Å². The number of amides is 1. The van der Waals surface area contributed by atoms with Crippen LogP contribution in [0.5, 0.6) is 0 Å². The highest BCUT2D eigenvalue weighted by molar-refractivity contribution is 14.1. The van der Waals surface area contributed by atoms with Gasteiger partial charge >= 0.3 is 5.97 Å². The third-order valence-electron chi connectivity index (χ3n) is 4.98. The number of rotatable bonds is 3. The molecule has 0 saturated carbocycles. The van der Waals surface area contributed by atoms with Crippen molar-refractivity contribution in [3.63, 3.8) is 0 Å². The van der Waals surface area contributed by atoms with E-state index in [9.17, 15) is 9.59 Å². The number of nitrogens with zero attached hydrogens (tertiary/aromatic N) is 4. The standard InChI is InChI=1S/C16H17IN4O3/c1-21-11-6-7-12(21)14(15(22)19-20-18)13(8-11)24-16(23)9-2-4-10(17)5-3-9/h2-5,11-14H,6-8H2,1H3/t11-,12+,13-,14+/m0/s1. The summed E-state index contributed by atoms with van der Waals surface area (Å²) in [6, 6.07) is 7.32. The monoisotopic (exact) mass is 440 g/mol. The normalized spacial score (nSPS) is 28.9. The van der Waals surface area contributed by atoms with Crippen molar-refractivity contribution in [2.45, 2.75) is 37.5 Å². The van der Waals surface area contributed by atoms with Crippen LogP contribution in [0.25, 0.3) is 10.4 Å². The van der Waals surface area contributed by atoms with Crippen LogP contribution in [0.3, 0.4) is 0 Å². The largest absolute Gasteiger partial charge is 0.458 e. The van der Waals surface area contributed by atoms with Crippen LogP contribution < -0.4 is 0 Å². The molecule has 3 rings (SSSR count). The number of hydrogen-bond donors (Lipinski definition) is 0. The van der Waals surface area contributed by atoms with Crippen molar-refractivity contribution in [1.82, 2.24) is 4.90 Å². The number of halogens is 1. The van der Waals surface area contributed by atoms with E-state index in [0.717, 1.165) is 16.4 Å². The Morgan fingerprint density at radius 2 is 2.04 bits per heavy atom. The van der Waals surface area contributed by atoms with Gasteiger partial charge in [0, 0.05) is 27.0 Å². The Morgan fingerprint density at radius 1 is 1.33 bits per heavy atom. The van der Waals surface area contributed by atoms with Crippen LogP contribution in [0.4, 0.5) is 0 Å². The third kappa shape index (κ3) is 3.26. The van der Waals surface area contributed by atoms with Gasteiger partial charge in [0.15, 0.2) is 0 Å². The van der Waals surface area contributed by atoms with Crippen LogP contribution in [0, 0.1) is 9.49 Å². The molecule has 2 aliphatic heterocycles. The third-order valence-corrected chi connectivity index (χ3v) is 5.70. The highest BCUT2D eigenvalue weighted by Crippen LogP contribution is 2.40. The van der Waals surface area contributed by atoms with Gasteiger partial charge in [-0.25, -0.2) is 4.79 Å². The van der Waals surface area contributed by atoms with Crippen molar-refractivity contribution in [2.75, 3.05) is 7.05 Å². The Kier molecular flexibility index (Phi) is 5.07. The molecule has 1 amide bonds. The van der Waals surface area contributed by atoms with Crippen LogP contribution in [0.1, 0.15) is 29.6 Å². The molecule has 8 heteroatoms. The molecule has 1 aromatic carbocycles. The van der Waals surface area contributed by atoms with E-state index >= 15 is 0 Å². The molecule has 0 aliphatic carbocycles. The summed E-state index contributed by atoms with van der Waals surface area (Å²) >= 11 is 2.16. The molecular formula is C16H17IN4O3. The zero-order chi connectivity index (χ0) is 17.3. The number of carbonyl (C=O) groups excluding carboxylic acids is 2. The Hall–Kier alpha value is -1.64. The number of benzene rings is 1. The average molecular weight is 440 g/mol. The van der Waals surface area contributed by atoms with Crippen LogP contribution >= 0.6 is 22.6 Å². The van der Waals surface area contributed by atoms with Gasteiger partial charge in [0.2, 0.25) is 5.91 Å². The number of ether oxygens (including phenoxy) is 1. The minimum atomic E-state index is -0.600. The van der Waals surface area contributed by atoms with E-state index in [2.05, 4.69) is 37.5 Å². The predicted octanol–water partition coefficient (Wildman–Crippen LogP) is 3.14. The maximum absolute atomic E-state index is 12.4. The summed E-state index contributed by atoms with van der Waals surface area (Å²) < 4.78 is 6.68. The van der Waals surface area contributed by atoms with Crippen molar-refractivity contribution in [3.05, 3.63) is 43.8 Å². The summed E-state index contributed by atoms with van der Waals surface area (Å²) in [5, 5.41) is 3.26. The first-order valence-corrected chi connectivity index (χ1v) is 8.86. The molecule has 2 bridgehead atoms. The number of piperidine rings is 1. The molecule has 7 nitrogen and oxygen atoms in total. The maximum Gasteiger partial charge on any atom is 0.338 e. The number of fused-ring (bicyclic) bond motifs is 2. The Morgan fingerprint density at radius 3 is 2.71 bits per heavy atom. The van der Waals surface area contributed by atoms with E-state index in [1.54, 1.807) is 12.1 Å². The smallest absolute Gasteiger partial charge is 0.338 e. The Balaban J connectivity index is 1.81. The first kappa shape index (κ1) is 17.2. The molecule has 0 N–H and O–H groups in total. The number of hydrogen-bond acceptors (Lipinski definition) is 4.